The highest BCUT2D eigenvalue weighted by Crippen LogP contribution is 2.19. The highest BCUT2D eigenvalue weighted by Gasteiger charge is 2.13. The van der Waals surface area contributed by atoms with Crippen LogP contribution in [0.4, 0.5) is 0 Å². The van der Waals surface area contributed by atoms with Crippen LogP contribution >= 0.6 is 0 Å². The zero-order chi connectivity index (χ0) is 14.4. The van der Waals surface area contributed by atoms with E-state index in [0.717, 1.165) is 30.1 Å². The van der Waals surface area contributed by atoms with Crippen molar-refractivity contribution in [1.29, 1.82) is 0 Å². The van der Waals surface area contributed by atoms with Gasteiger partial charge in [-0.3, -0.25) is 11.3 Å². The van der Waals surface area contributed by atoms with Gasteiger partial charge in [-0.25, -0.2) is 4.68 Å². The topological polar surface area (TPSA) is 55.9 Å². The van der Waals surface area contributed by atoms with Crippen LogP contribution in [0.25, 0.3) is 5.69 Å². The van der Waals surface area contributed by atoms with E-state index in [2.05, 4.69) is 24.4 Å². The van der Waals surface area contributed by atoms with Gasteiger partial charge in [0.1, 0.15) is 0 Å². The molecule has 2 rings (SSSR count). The van der Waals surface area contributed by atoms with Crippen molar-refractivity contribution < 1.29 is 0 Å². The number of hydrogen-bond acceptors (Lipinski definition) is 3. The summed E-state index contributed by atoms with van der Waals surface area (Å²) >= 11 is 0. The van der Waals surface area contributed by atoms with E-state index < -0.39 is 0 Å². The molecule has 3 N–H and O–H groups in total. The highest BCUT2D eigenvalue weighted by atomic mass is 15.3. The van der Waals surface area contributed by atoms with Crippen LogP contribution in [0.15, 0.2) is 42.6 Å². The molecule has 1 heterocycles. The van der Waals surface area contributed by atoms with Crippen molar-refractivity contribution in [3.8, 4) is 5.69 Å². The second kappa shape index (κ2) is 7.22. The number of rotatable bonds is 7. The number of para-hydroxylation sites is 1. The van der Waals surface area contributed by atoms with Crippen molar-refractivity contribution in [2.75, 3.05) is 0 Å². The number of aromatic nitrogens is 2. The van der Waals surface area contributed by atoms with Gasteiger partial charge in [-0.05, 0) is 30.5 Å². The molecule has 0 saturated heterocycles. The largest absolute Gasteiger partial charge is 0.271 e. The molecule has 1 aromatic heterocycles. The minimum absolute atomic E-state index is 0.124. The van der Waals surface area contributed by atoms with Crippen LogP contribution in [0.2, 0.25) is 0 Å². The minimum atomic E-state index is 0.124. The van der Waals surface area contributed by atoms with Crippen LogP contribution in [-0.4, -0.2) is 9.78 Å². The fraction of sp³-hybridized carbons (Fsp3) is 0.438. The SMILES string of the molecule is CC(C)CCCC(NN)c1ccn(-c2ccccc2)n1. The summed E-state index contributed by atoms with van der Waals surface area (Å²) in [7, 11) is 0. The standard InChI is InChI=1S/C16H24N4/c1-13(2)7-6-10-15(18-17)16-11-12-20(19-16)14-8-4-3-5-9-14/h3-5,8-9,11-13,15,18H,6-7,10,17H2,1-2H3. The first-order chi connectivity index (χ1) is 9.70. The maximum atomic E-state index is 5.67. The van der Waals surface area contributed by atoms with Crippen molar-refractivity contribution in [1.82, 2.24) is 15.2 Å². The average molecular weight is 272 g/mol. The lowest BCUT2D eigenvalue weighted by molar-refractivity contribution is 0.446. The van der Waals surface area contributed by atoms with Crippen molar-refractivity contribution in [3.63, 3.8) is 0 Å². The first-order valence-corrected chi connectivity index (χ1v) is 7.28. The van der Waals surface area contributed by atoms with E-state index in [1.54, 1.807) is 0 Å². The zero-order valence-electron chi connectivity index (χ0n) is 12.3. The molecule has 0 radical (unpaired) electrons. The number of benzene rings is 1. The predicted octanol–water partition coefficient (Wildman–Crippen LogP) is 3.20. The Kier molecular flexibility index (Phi) is 5.32. The van der Waals surface area contributed by atoms with E-state index in [0.29, 0.717) is 0 Å². The molecule has 0 bridgehead atoms. The van der Waals surface area contributed by atoms with E-state index in [1.165, 1.54) is 6.42 Å². The smallest absolute Gasteiger partial charge is 0.0811 e. The third-order valence-corrected chi connectivity index (χ3v) is 3.46. The second-order valence-electron chi connectivity index (χ2n) is 5.56. The Hall–Kier alpha value is -1.65. The maximum absolute atomic E-state index is 5.67. The molecular weight excluding hydrogens is 248 g/mol. The molecule has 4 heteroatoms. The Morgan fingerprint density at radius 1 is 1.15 bits per heavy atom. The third-order valence-electron chi connectivity index (χ3n) is 3.46. The minimum Gasteiger partial charge on any atom is -0.271 e. The molecule has 1 unspecified atom stereocenters. The van der Waals surface area contributed by atoms with Gasteiger partial charge in [-0.15, -0.1) is 0 Å². The van der Waals surface area contributed by atoms with Crippen LogP contribution in [0.3, 0.4) is 0 Å². The lowest BCUT2D eigenvalue weighted by atomic mass is 10.0. The Morgan fingerprint density at radius 2 is 1.90 bits per heavy atom. The molecule has 0 amide bonds. The fourth-order valence-corrected chi connectivity index (χ4v) is 2.30. The molecule has 20 heavy (non-hydrogen) atoms. The first-order valence-electron chi connectivity index (χ1n) is 7.28. The van der Waals surface area contributed by atoms with Crippen molar-refractivity contribution in [2.45, 2.75) is 39.2 Å². The summed E-state index contributed by atoms with van der Waals surface area (Å²) in [5.41, 5.74) is 4.95. The van der Waals surface area contributed by atoms with Gasteiger partial charge >= 0.3 is 0 Å². The van der Waals surface area contributed by atoms with Gasteiger partial charge in [0.05, 0.1) is 17.4 Å². The van der Waals surface area contributed by atoms with Crippen LogP contribution < -0.4 is 11.3 Å². The molecule has 0 saturated carbocycles. The summed E-state index contributed by atoms with van der Waals surface area (Å²) in [4.78, 5) is 0. The maximum Gasteiger partial charge on any atom is 0.0811 e. The van der Waals surface area contributed by atoms with Gasteiger partial charge in [0.25, 0.3) is 0 Å². The average Bonchev–Trinajstić information content (AvgIpc) is 2.94. The Bertz CT molecular complexity index is 504. The summed E-state index contributed by atoms with van der Waals surface area (Å²) in [5, 5.41) is 4.62. The Morgan fingerprint density at radius 3 is 2.55 bits per heavy atom. The Balaban J connectivity index is 2.02. The van der Waals surface area contributed by atoms with Crippen LogP contribution in [0.1, 0.15) is 44.8 Å². The fourth-order valence-electron chi connectivity index (χ4n) is 2.30. The van der Waals surface area contributed by atoms with Gasteiger partial charge in [0.15, 0.2) is 0 Å². The molecule has 2 aromatic rings. The number of hydrogen-bond donors (Lipinski definition) is 2. The third kappa shape index (κ3) is 3.92. The summed E-state index contributed by atoms with van der Waals surface area (Å²) in [6.45, 7) is 4.49. The Labute approximate surface area is 121 Å². The zero-order valence-corrected chi connectivity index (χ0v) is 12.3. The molecule has 0 aliphatic carbocycles. The molecule has 0 spiro atoms. The van der Waals surface area contributed by atoms with E-state index in [1.807, 2.05) is 47.3 Å². The van der Waals surface area contributed by atoms with Gasteiger partial charge in [0, 0.05) is 6.20 Å². The van der Waals surface area contributed by atoms with Crippen LogP contribution in [-0.2, 0) is 0 Å². The number of hydrazine groups is 1. The quantitative estimate of drug-likeness (QED) is 0.601. The lowest BCUT2D eigenvalue weighted by Gasteiger charge is -2.14. The van der Waals surface area contributed by atoms with Crippen LogP contribution in [0, 0.1) is 5.92 Å². The highest BCUT2D eigenvalue weighted by molar-refractivity contribution is 5.30. The molecule has 0 aliphatic rings. The molecule has 0 aliphatic heterocycles. The van der Waals surface area contributed by atoms with Crippen molar-refractivity contribution in [2.24, 2.45) is 11.8 Å². The van der Waals surface area contributed by atoms with Gasteiger partial charge in [0.2, 0.25) is 0 Å². The summed E-state index contributed by atoms with van der Waals surface area (Å²) in [6, 6.07) is 12.3. The van der Waals surface area contributed by atoms with Gasteiger partial charge < -0.3 is 0 Å². The number of nitrogens with one attached hydrogen (secondary N) is 1. The van der Waals surface area contributed by atoms with Gasteiger partial charge in [-0.1, -0.05) is 44.9 Å². The molecule has 0 fully saturated rings. The summed E-state index contributed by atoms with van der Waals surface area (Å²) < 4.78 is 1.89. The number of nitrogens with zero attached hydrogens (tertiary/aromatic N) is 2. The molecule has 4 nitrogen and oxygen atoms in total. The van der Waals surface area contributed by atoms with Crippen molar-refractivity contribution in [3.05, 3.63) is 48.3 Å². The first kappa shape index (κ1) is 14.8. The van der Waals surface area contributed by atoms with E-state index in [-0.39, 0.29) is 6.04 Å². The molecular formula is C16H24N4. The van der Waals surface area contributed by atoms with E-state index >= 15 is 0 Å². The normalized spacial score (nSPS) is 12.8. The van der Waals surface area contributed by atoms with E-state index in [4.69, 9.17) is 5.84 Å². The lowest BCUT2D eigenvalue weighted by Crippen LogP contribution is -2.28. The predicted molar refractivity (Wildman–Crippen MR) is 82.3 cm³/mol. The van der Waals surface area contributed by atoms with E-state index in [9.17, 15) is 0 Å². The monoisotopic (exact) mass is 272 g/mol. The number of nitrogens with two attached hydrogens (primary N) is 1. The summed E-state index contributed by atoms with van der Waals surface area (Å²) in [6.07, 6.45) is 5.38. The molecule has 108 valence electrons. The van der Waals surface area contributed by atoms with Crippen LogP contribution in [0.5, 0.6) is 0 Å². The molecule has 1 aromatic carbocycles. The second-order valence-corrected chi connectivity index (χ2v) is 5.56. The van der Waals surface area contributed by atoms with Gasteiger partial charge in [-0.2, -0.15) is 5.10 Å². The van der Waals surface area contributed by atoms with Crippen molar-refractivity contribution >= 4 is 0 Å². The molecule has 1 atom stereocenters. The summed E-state index contributed by atoms with van der Waals surface area (Å²) in [5.74, 6) is 6.40.